The predicted octanol–water partition coefficient (Wildman–Crippen LogP) is 6.42. The minimum absolute atomic E-state index is 0.0593. The van der Waals surface area contributed by atoms with Crippen LogP contribution in [0, 0.1) is 0 Å². The Morgan fingerprint density at radius 2 is 1.57 bits per heavy atom. The van der Waals surface area contributed by atoms with Crippen molar-refractivity contribution >= 4 is 46.3 Å². The second-order valence-electron chi connectivity index (χ2n) is 7.73. The number of carbonyl (C=O) groups is 2. The fourth-order valence-electron chi connectivity index (χ4n) is 4.02. The molecule has 4 rings (SSSR count). The number of halogens is 2. The van der Waals surface area contributed by atoms with Gasteiger partial charge in [-0.3, -0.25) is 14.5 Å². The number of carbonyl (C=O) groups excluding carboxylic acids is 2. The van der Waals surface area contributed by atoms with Crippen LogP contribution in [-0.4, -0.2) is 30.0 Å². The summed E-state index contributed by atoms with van der Waals surface area (Å²) in [6.45, 7) is 4.69. The van der Waals surface area contributed by atoms with Gasteiger partial charge in [0.1, 0.15) is 17.3 Å². The second-order valence-corrected chi connectivity index (χ2v) is 8.54. The van der Waals surface area contributed by atoms with Crippen molar-refractivity contribution in [2.75, 3.05) is 18.1 Å². The monoisotopic (exact) mass is 511 g/mol. The van der Waals surface area contributed by atoms with Gasteiger partial charge in [-0.2, -0.15) is 0 Å². The van der Waals surface area contributed by atoms with Crippen molar-refractivity contribution in [2.45, 2.75) is 19.9 Å². The molecule has 0 spiro atoms. The third-order valence-corrected chi connectivity index (χ3v) is 6.29. The molecule has 3 aromatic carbocycles. The SMILES string of the molecule is CCOc1ccc(N2C(=O)C(=O)/C(=C(\O)c3ccc(Cl)c(Cl)c3)C2c2cccc(OCC)c2)cc1. The summed E-state index contributed by atoms with van der Waals surface area (Å²) in [5.74, 6) is -0.700. The number of aliphatic hydroxyl groups excluding tert-OH is 1. The number of nitrogens with zero attached hydrogens (tertiary/aromatic N) is 1. The summed E-state index contributed by atoms with van der Waals surface area (Å²) < 4.78 is 11.1. The largest absolute Gasteiger partial charge is 0.507 e. The van der Waals surface area contributed by atoms with Crippen molar-refractivity contribution in [3.8, 4) is 11.5 Å². The van der Waals surface area contributed by atoms with Gasteiger partial charge in [0.15, 0.2) is 0 Å². The van der Waals surface area contributed by atoms with Crippen molar-refractivity contribution < 1.29 is 24.2 Å². The van der Waals surface area contributed by atoms with Crippen molar-refractivity contribution in [3.05, 3.63) is 93.5 Å². The van der Waals surface area contributed by atoms with Gasteiger partial charge in [0.05, 0.1) is 34.9 Å². The number of amides is 1. The smallest absolute Gasteiger partial charge is 0.300 e. The Kier molecular flexibility index (Phi) is 7.34. The first kappa shape index (κ1) is 24.6. The standard InChI is InChI=1S/C27H23Cl2NO5/c1-3-34-19-11-9-18(10-12-19)30-24(16-6-5-7-20(14-16)35-4-2)23(26(32)27(30)33)25(31)17-8-13-21(28)22(29)15-17/h5-15,24,31H,3-4H2,1-2H3/b25-23-. The number of hydrogen-bond acceptors (Lipinski definition) is 5. The molecule has 0 aliphatic carbocycles. The Morgan fingerprint density at radius 3 is 2.23 bits per heavy atom. The molecular weight excluding hydrogens is 489 g/mol. The summed E-state index contributed by atoms with van der Waals surface area (Å²) in [6.07, 6.45) is 0. The Labute approximate surface area is 213 Å². The van der Waals surface area contributed by atoms with Gasteiger partial charge >= 0.3 is 0 Å². The normalized spacial score (nSPS) is 17.0. The molecule has 180 valence electrons. The van der Waals surface area contributed by atoms with Crippen LogP contribution in [-0.2, 0) is 9.59 Å². The Bertz CT molecular complexity index is 1300. The van der Waals surface area contributed by atoms with Gasteiger partial charge in [0.25, 0.3) is 11.7 Å². The fourth-order valence-corrected chi connectivity index (χ4v) is 4.32. The van der Waals surface area contributed by atoms with E-state index in [-0.39, 0.29) is 21.9 Å². The van der Waals surface area contributed by atoms with E-state index in [0.717, 1.165) is 0 Å². The van der Waals surface area contributed by atoms with E-state index in [1.165, 1.54) is 17.0 Å². The highest BCUT2D eigenvalue weighted by Crippen LogP contribution is 2.43. The van der Waals surface area contributed by atoms with E-state index in [1.807, 2.05) is 13.8 Å². The molecule has 0 aromatic heterocycles. The van der Waals surface area contributed by atoms with Crippen LogP contribution in [0.2, 0.25) is 10.0 Å². The second kappa shape index (κ2) is 10.4. The zero-order valence-electron chi connectivity index (χ0n) is 19.1. The lowest BCUT2D eigenvalue weighted by Crippen LogP contribution is -2.29. The zero-order valence-corrected chi connectivity index (χ0v) is 20.6. The van der Waals surface area contributed by atoms with Crippen LogP contribution in [0.25, 0.3) is 5.76 Å². The molecule has 1 aliphatic rings. The van der Waals surface area contributed by atoms with Crippen LogP contribution < -0.4 is 14.4 Å². The van der Waals surface area contributed by atoms with E-state index >= 15 is 0 Å². The molecule has 1 atom stereocenters. The molecule has 1 unspecified atom stereocenters. The summed E-state index contributed by atoms with van der Waals surface area (Å²) in [5.41, 5.74) is 1.30. The number of Topliss-reactive ketones (excluding diaryl/α,β-unsaturated/α-hetero) is 1. The minimum atomic E-state index is -0.900. The van der Waals surface area contributed by atoms with Crippen molar-refractivity contribution in [2.24, 2.45) is 0 Å². The summed E-state index contributed by atoms with van der Waals surface area (Å²) in [5, 5.41) is 11.8. The average molecular weight is 512 g/mol. The molecule has 0 bridgehead atoms. The Balaban J connectivity index is 1.91. The van der Waals surface area contributed by atoms with Gasteiger partial charge < -0.3 is 14.6 Å². The molecule has 1 amide bonds. The molecule has 0 radical (unpaired) electrons. The first-order valence-electron chi connectivity index (χ1n) is 11.1. The number of hydrogen-bond donors (Lipinski definition) is 1. The molecule has 1 aliphatic heterocycles. The minimum Gasteiger partial charge on any atom is -0.507 e. The highest BCUT2D eigenvalue weighted by Gasteiger charge is 2.47. The summed E-state index contributed by atoms with van der Waals surface area (Å²) in [7, 11) is 0. The lowest BCUT2D eigenvalue weighted by atomic mass is 9.95. The first-order valence-corrected chi connectivity index (χ1v) is 11.8. The molecular formula is C27H23Cl2NO5. The lowest BCUT2D eigenvalue weighted by molar-refractivity contribution is -0.132. The van der Waals surface area contributed by atoms with E-state index < -0.39 is 17.7 Å². The number of benzene rings is 3. The van der Waals surface area contributed by atoms with E-state index in [0.29, 0.717) is 41.0 Å². The number of rotatable bonds is 7. The van der Waals surface area contributed by atoms with Crippen LogP contribution in [0.15, 0.2) is 72.3 Å². The van der Waals surface area contributed by atoms with Crippen LogP contribution in [0.4, 0.5) is 5.69 Å². The molecule has 35 heavy (non-hydrogen) atoms. The molecule has 8 heteroatoms. The zero-order chi connectivity index (χ0) is 25.1. The van der Waals surface area contributed by atoms with Crippen LogP contribution >= 0.6 is 23.2 Å². The summed E-state index contributed by atoms with van der Waals surface area (Å²) in [4.78, 5) is 28.0. The predicted molar refractivity (Wildman–Crippen MR) is 136 cm³/mol. The van der Waals surface area contributed by atoms with Crippen LogP contribution in [0.3, 0.4) is 0 Å². The maximum absolute atomic E-state index is 13.3. The molecule has 1 heterocycles. The highest BCUT2D eigenvalue weighted by atomic mass is 35.5. The molecule has 0 saturated carbocycles. The maximum atomic E-state index is 13.3. The first-order chi connectivity index (χ1) is 16.8. The summed E-state index contributed by atoms with van der Waals surface area (Å²) >= 11 is 12.2. The fraction of sp³-hybridized carbons (Fsp3) is 0.185. The molecule has 1 saturated heterocycles. The number of ketones is 1. The van der Waals surface area contributed by atoms with Crippen LogP contribution in [0.1, 0.15) is 31.0 Å². The number of aliphatic hydroxyl groups is 1. The van der Waals surface area contributed by atoms with Gasteiger partial charge in [-0.25, -0.2) is 0 Å². The van der Waals surface area contributed by atoms with E-state index in [1.54, 1.807) is 54.6 Å². The Morgan fingerprint density at radius 1 is 0.886 bits per heavy atom. The van der Waals surface area contributed by atoms with Gasteiger partial charge in [0.2, 0.25) is 0 Å². The molecule has 3 aromatic rings. The topological polar surface area (TPSA) is 76.1 Å². The number of anilines is 1. The molecule has 6 nitrogen and oxygen atoms in total. The van der Waals surface area contributed by atoms with Gasteiger partial charge in [-0.05, 0) is 74.0 Å². The average Bonchev–Trinajstić information content (AvgIpc) is 3.12. The van der Waals surface area contributed by atoms with E-state index in [4.69, 9.17) is 32.7 Å². The third-order valence-electron chi connectivity index (χ3n) is 5.55. The Hall–Kier alpha value is -3.48. The van der Waals surface area contributed by atoms with Gasteiger partial charge in [0, 0.05) is 11.3 Å². The van der Waals surface area contributed by atoms with Crippen molar-refractivity contribution in [1.29, 1.82) is 0 Å². The van der Waals surface area contributed by atoms with Gasteiger partial charge in [-0.15, -0.1) is 0 Å². The lowest BCUT2D eigenvalue weighted by Gasteiger charge is -2.26. The van der Waals surface area contributed by atoms with E-state index in [2.05, 4.69) is 0 Å². The number of ether oxygens (including phenoxy) is 2. The maximum Gasteiger partial charge on any atom is 0.300 e. The third kappa shape index (κ3) is 4.85. The van der Waals surface area contributed by atoms with Crippen LogP contribution in [0.5, 0.6) is 11.5 Å². The van der Waals surface area contributed by atoms with Crippen molar-refractivity contribution in [3.63, 3.8) is 0 Å². The molecule has 1 fully saturated rings. The highest BCUT2D eigenvalue weighted by molar-refractivity contribution is 6.51. The summed E-state index contributed by atoms with van der Waals surface area (Å²) in [6, 6.07) is 17.6. The van der Waals surface area contributed by atoms with Crippen molar-refractivity contribution in [1.82, 2.24) is 0 Å². The van der Waals surface area contributed by atoms with E-state index in [9.17, 15) is 14.7 Å². The van der Waals surface area contributed by atoms with Gasteiger partial charge in [-0.1, -0.05) is 35.3 Å². The quantitative estimate of drug-likeness (QED) is 0.225. The molecule has 1 N–H and O–H groups in total.